The highest BCUT2D eigenvalue weighted by Crippen LogP contribution is 2.20. The average molecular weight is 473 g/mol. The summed E-state index contributed by atoms with van der Waals surface area (Å²) < 4.78 is 5.39. The summed E-state index contributed by atoms with van der Waals surface area (Å²) in [6.07, 6.45) is 0.661. The van der Waals surface area contributed by atoms with E-state index in [-0.39, 0.29) is 24.3 Å². The minimum atomic E-state index is -0.649. The van der Waals surface area contributed by atoms with Gasteiger partial charge in [0.25, 0.3) is 0 Å². The predicted molar refractivity (Wildman–Crippen MR) is 140 cm³/mol. The summed E-state index contributed by atoms with van der Waals surface area (Å²) in [7, 11) is 1.62. The molecule has 0 fully saturated rings. The van der Waals surface area contributed by atoms with Crippen molar-refractivity contribution in [1.82, 2.24) is 10.2 Å². The molecule has 0 heterocycles. The van der Waals surface area contributed by atoms with E-state index in [0.29, 0.717) is 13.0 Å². The van der Waals surface area contributed by atoms with E-state index in [1.165, 1.54) is 0 Å². The molecule has 0 saturated heterocycles. The van der Waals surface area contributed by atoms with Crippen LogP contribution in [0.25, 0.3) is 0 Å². The van der Waals surface area contributed by atoms with Gasteiger partial charge in [0.2, 0.25) is 11.8 Å². The molecule has 0 aliphatic heterocycles. The highest BCUT2D eigenvalue weighted by Gasteiger charge is 2.30. The Hall–Kier alpha value is -3.60. The molecule has 0 aliphatic carbocycles. The van der Waals surface area contributed by atoms with Gasteiger partial charge in [0.15, 0.2) is 0 Å². The Bertz CT molecular complexity index is 1120. The van der Waals surface area contributed by atoms with Crippen LogP contribution < -0.4 is 10.1 Å². The molecule has 0 bridgehead atoms. The Labute approximate surface area is 209 Å². The molecule has 0 spiro atoms. The quantitative estimate of drug-likeness (QED) is 0.451. The average Bonchev–Trinajstić information content (AvgIpc) is 2.81. The highest BCUT2D eigenvalue weighted by molar-refractivity contribution is 5.89. The smallest absolute Gasteiger partial charge is 0.243 e. The van der Waals surface area contributed by atoms with Crippen LogP contribution in [0.3, 0.4) is 0 Å². The zero-order chi connectivity index (χ0) is 25.4. The van der Waals surface area contributed by atoms with E-state index in [4.69, 9.17) is 4.74 Å². The van der Waals surface area contributed by atoms with Crippen LogP contribution in [-0.4, -0.2) is 35.9 Å². The molecule has 0 aliphatic rings. The summed E-state index contributed by atoms with van der Waals surface area (Å²) in [4.78, 5) is 29.0. The first-order valence-corrected chi connectivity index (χ1v) is 12.1. The maximum absolute atomic E-state index is 13.8. The molecule has 1 N–H and O–H groups in total. The largest absolute Gasteiger partial charge is 0.497 e. The van der Waals surface area contributed by atoms with Gasteiger partial charge in [0.1, 0.15) is 11.8 Å². The zero-order valence-electron chi connectivity index (χ0n) is 21.4. The van der Waals surface area contributed by atoms with Gasteiger partial charge >= 0.3 is 0 Å². The second kappa shape index (κ2) is 12.2. The van der Waals surface area contributed by atoms with Crippen LogP contribution in [0.1, 0.15) is 41.7 Å². The van der Waals surface area contributed by atoms with Gasteiger partial charge in [-0.1, -0.05) is 71.8 Å². The van der Waals surface area contributed by atoms with Crippen molar-refractivity contribution in [3.63, 3.8) is 0 Å². The summed E-state index contributed by atoms with van der Waals surface area (Å²) in [6, 6.07) is 23.0. The number of carbonyl (C=O) groups excluding carboxylic acids is 2. The summed E-state index contributed by atoms with van der Waals surface area (Å²) in [5, 5.41) is 3.03. The summed E-state index contributed by atoms with van der Waals surface area (Å²) >= 11 is 0. The second-order valence-electron chi connectivity index (χ2n) is 9.41. The number of amides is 2. The van der Waals surface area contributed by atoms with Crippen LogP contribution in [0.5, 0.6) is 5.75 Å². The van der Waals surface area contributed by atoms with Crippen molar-refractivity contribution >= 4 is 11.8 Å². The van der Waals surface area contributed by atoms with Gasteiger partial charge in [0.05, 0.1) is 13.5 Å². The van der Waals surface area contributed by atoms with Gasteiger partial charge in [-0.05, 0) is 56.5 Å². The van der Waals surface area contributed by atoms with Gasteiger partial charge in [-0.15, -0.1) is 0 Å². The number of rotatable bonds is 10. The summed E-state index contributed by atoms with van der Waals surface area (Å²) in [6.45, 7) is 8.23. The molecule has 3 aromatic rings. The Morgan fingerprint density at radius 3 is 2.14 bits per heavy atom. The van der Waals surface area contributed by atoms with E-state index in [1.807, 2.05) is 94.4 Å². The fourth-order valence-electron chi connectivity index (χ4n) is 4.35. The lowest BCUT2D eigenvalue weighted by Crippen LogP contribution is -2.52. The van der Waals surface area contributed by atoms with E-state index >= 15 is 0 Å². The number of nitrogens with zero attached hydrogens (tertiary/aromatic N) is 1. The lowest BCUT2D eigenvalue weighted by Gasteiger charge is -2.32. The van der Waals surface area contributed by atoms with Crippen LogP contribution in [-0.2, 0) is 29.0 Å². The Morgan fingerprint density at radius 2 is 1.51 bits per heavy atom. The maximum Gasteiger partial charge on any atom is 0.243 e. The molecule has 2 amide bonds. The van der Waals surface area contributed by atoms with Crippen LogP contribution in [0, 0.1) is 13.8 Å². The van der Waals surface area contributed by atoms with Gasteiger partial charge < -0.3 is 15.0 Å². The third-order valence-electron chi connectivity index (χ3n) is 5.83. The molecule has 0 saturated carbocycles. The first kappa shape index (κ1) is 26.0. The van der Waals surface area contributed by atoms with Crippen LogP contribution in [0.4, 0.5) is 0 Å². The van der Waals surface area contributed by atoms with E-state index in [2.05, 4.69) is 11.4 Å². The molecule has 5 heteroatoms. The number of aryl methyl sites for hydroxylation is 2. The maximum atomic E-state index is 13.8. The number of hydrogen-bond acceptors (Lipinski definition) is 3. The number of carbonyl (C=O) groups is 2. The molecule has 3 rings (SSSR count). The van der Waals surface area contributed by atoms with Crippen LogP contribution >= 0.6 is 0 Å². The third kappa shape index (κ3) is 7.71. The van der Waals surface area contributed by atoms with E-state index in [9.17, 15) is 9.59 Å². The minimum absolute atomic E-state index is 0.0334. The monoisotopic (exact) mass is 472 g/mol. The molecule has 5 nitrogen and oxygen atoms in total. The Kier molecular flexibility index (Phi) is 9.07. The van der Waals surface area contributed by atoms with Gasteiger partial charge in [-0.3, -0.25) is 9.59 Å². The fourth-order valence-corrected chi connectivity index (χ4v) is 4.35. The molecule has 184 valence electrons. The SMILES string of the molecule is COc1cccc(CN(C(=O)Cc2cc(C)cc(C)c2)[C@@H](Cc2ccccc2)C(=O)NC(C)C)c1. The predicted octanol–water partition coefficient (Wildman–Crippen LogP) is 5.02. The number of hydrogen-bond donors (Lipinski definition) is 1. The van der Waals surface area contributed by atoms with E-state index < -0.39 is 6.04 Å². The van der Waals surface area contributed by atoms with Gasteiger partial charge in [-0.2, -0.15) is 0 Å². The first-order valence-electron chi connectivity index (χ1n) is 12.1. The van der Waals surface area contributed by atoms with Gasteiger partial charge in [0, 0.05) is 19.0 Å². The fraction of sp³-hybridized carbons (Fsp3) is 0.333. The normalized spacial score (nSPS) is 11.7. The molecule has 0 unspecified atom stereocenters. The molecular weight excluding hydrogens is 436 g/mol. The third-order valence-corrected chi connectivity index (χ3v) is 5.83. The lowest BCUT2D eigenvalue weighted by molar-refractivity contribution is -0.141. The molecule has 35 heavy (non-hydrogen) atoms. The van der Waals surface area contributed by atoms with Crippen molar-refractivity contribution in [2.75, 3.05) is 7.11 Å². The number of ether oxygens (including phenoxy) is 1. The van der Waals surface area contributed by atoms with Crippen LogP contribution in [0.15, 0.2) is 72.8 Å². The number of nitrogens with one attached hydrogen (secondary N) is 1. The molecule has 0 aromatic heterocycles. The molecule has 3 aromatic carbocycles. The molecule has 1 atom stereocenters. The molecule has 0 radical (unpaired) electrons. The van der Waals surface area contributed by atoms with Crippen molar-refractivity contribution < 1.29 is 14.3 Å². The lowest BCUT2D eigenvalue weighted by atomic mass is 10.00. The number of methoxy groups -OCH3 is 1. The van der Waals surface area contributed by atoms with Crippen molar-refractivity contribution in [2.24, 2.45) is 0 Å². The summed E-state index contributed by atoms with van der Waals surface area (Å²) in [5.74, 6) is 0.480. The summed E-state index contributed by atoms with van der Waals surface area (Å²) in [5.41, 5.74) is 5.10. The Morgan fingerprint density at radius 1 is 0.857 bits per heavy atom. The standard InChI is InChI=1S/C30H36N2O3/c1-21(2)31-30(34)28(18-24-10-7-6-8-11-24)32(20-25-12-9-13-27(17-25)35-5)29(33)19-26-15-22(3)14-23(4)16-26/h6-17,21,28H,18-20H2,1-5H3,(H,31,34)/t28-/m0/s1. The van der Waals surface area contributed by atoms with Gasteiger partial charge in [-0.25, -0.2) is 0 Å². The van der Waals surface area contributed by atoms with Crippen LogP contribution in [0.2, 0.25) is 0 Å². The van der Waals surface area contributed by atoms with Crippen molar-refractivity contribution in [3.8, 4) is 5.75 Å². The zero-order valence-corrected chi connectivity index (χ0v) is 21.4. The second-order valence-corrected chi connectivity index (χ2v) is 9.41. The number of benzene rings is 3. The van der Waals surface area contributed by atoms with E-state index in [1.54, 1.807) is 12.0 Å². The first-order chi connectivity index (χ1) is 16.7. The van der Waals surface area contributed by atoms with Crippen molar-refractivity contribution in [3.05, 3.63) is 101 Å². The highest BCUT2D eigenvalue weighted by atomic mass is 16.5. The Balaban J connectivity index is 2.00. The van der Waals surface area contributed by atoms with Crippen molar-refractivity contribution in [1.29, 1.82) is 0 Å². The van der Waals surface area contributed by atoms with E-state index in [0.717, 1.165) is 33.6 Å². The molecular formula is C30H36N2O3. The van der Waals surface area contributed by atoms with Crippen molar-refractivity contribution in [2.45, 2.75) is 59.2 Å². The topological polar surface area (TPSA) is 58.6 Å². The minimum Gasteiger partial charge on any atom is -0.497 e.